The largest absolute Gasteiger partial charge is 0.478 e. The maximum Gasteiger partial charge on any atom is 0.328 e. The minimum atomic E-state index is -0.892. The number of allylic oxidation sites excluding steroid dienone is 1. The summed E-state index contributed by atoms with van der Waals surface area (Å²) in [6.07, 6.45) is 1.92. The molecule has 0 spiro atoms. The molecule has 0 unspecified atom stereocenters. The number of benzene rings is 2. The molecule has 0 heterocycles. The Balaban J connectivity index is 2.08. The smallest absolute Gasteiger partial charge is 0.328 e. The first-order valence-corrected chi connectivity index (χ1v) is 7.67. The lowest BCUT2D eigenvalue weighted by Gasteiger charge is -2.10. The molecule has 23 heavy (non-hydrogen) atoms. The van der Waals surface area contributed by atoms with E-state index in [0.717, 1.165) is 17.7 Å². The minimum Gasteiger partial charge on any atom is -0.478 e. The monoisotopic (exact) mass is 309 g/mol. The van der Waals surface area contributed by atoms with Crippen LogP contribution < -0.4 is 0 Å². The van der Waals surface area contributed by atoms with Crippen LogP contribution in [0.25, 0.3) is 11.1 Å². The number of nitrogens with zero attached hydrogens (tertiary/aromatic N) is 1. The highest BCUT2D eigenvalue weighted by Crippen LogP contribution is 2.21. The third-order valence-electron chi connectivity index (χ3n) is 3.59. The molecule has 0 amide bonds. The highest BCUT2D eigenvalue weighted by atomic mass is 16.4. The Kier molecular flexibility index (Phi) is 5.72. The van der Waals surface area contributed by atoms with Gasteiger partial charge in [0, 0.05) is 12.6 Å². The van der Waals surface area contributed by atoms with Gasteiger partial charge >= 0.3 is 5.97 Å². The number of rotatable bonds is 6. The van der Waals surface area contributed by atoms with Gasteiger partial charge in [-0.2, -0.15) is 0 Å². The summed E-state index contributed by atoms with van der Waals surface area (Å²) in [5.41, 5.74) is 5.62. The summed E-state index contributed by atoms with van der Waals surface area (Å²) in [7, 11) is 4.13. The van der Waals surface area contributed by atoms with E-state index in [2.05, 4.69) is 67.5 Å². The van der Waals surface area contributed by atoms with E-state index in [1.165, 1.54) is 22.8 Å². The van der Waals surface area contributed by atoms with Crippen LogP contribution in [0.2, 0.25) is 0 Å². The number of aliphatic carboxylic acids is 1. The van der Waals surface area contributed by atoms with Crippen molar-refractivity contribution in [3.8, 4) is 11.1 Å². The first-order valence-electron chi connectivity index (χ1n) is 7.67. The Morgan fingerprint density at radius 1 is 0.957 bits per heavy atom. The predicted octanol–water partition coefficient (Wildman–Crippen LogP) is 3.99. The zero-order valence-electron chi connectivity index (χ0n) is 13.9. The van der Waals surface area contributed by atoms with Crippen LogP contribution in [0, 0.1) is 0 Å². The molecule has 2 aromatic rings. The second-order valence-corrected chi connectivity index (χ2v) is 6.14. The summed E-state index contributed by atoms with van der Waals surface area (Å²) < 4.78 is 0. The van der Waals surface area contributed by atoms with Crippen LogP contribution in [-0.2, 0) is 17.8 Å². The fraction of sp³-hybridized carbons (Fsp3) is 0.250. The number of carbonyl (C=O) groups is 1. The van der Waals surface area contributed by atoms with Crippen LogP contribution in [0.1, 0.15) is 18.1 Å². The molecule has 2 rings (SSSR count). The van der Waals surface area contributed by atoms with Crippen LogP contribution in [0.15, 0.2) is 60.2 Å². The van der Waals surface area contributed by atoms with E-state index < -0.39 is 5.97 Å². The maximum absolute atomic E-state index is 10.7. The van der Waals surface area contributed by atoms with E-state index in [9.17, 15) is 4.79 Å². The maximum atomic E-state index is 10.7. The Morgan fingerprint density at radius 2 is 1.43 bits per heavy atom. The van der Waals surface area contributed by atoms with Gasteiger partial charge in [0.25, 0.3) is 0 Å². The van der Waals surface area contributed by atoms with Gasteiger partial charge in [-0.25, -0.2) is 4.79 Å². The van der Waals surface area contributed by atoms with Gasteiger partial charge in [0.05, 0.1) is 0 Å². The molecule has 0 fully saturated rings. The van der Waals surface area contributed by atoms with E-state index in [-0.39, 0.29) is 0 Å². The minimum absolute atomic E-state index is 0.661. The molecular formula is C20H23NO2. The second kappa shape index (κ2) is 7.75. The van der Waals surface area contributed by atoms with Gasteiger partial charge in [0.15, 0.2) is 0 Å². The topological polar surface area (TPSA) is 40.5 Å². The van der Waals surface area contributed by atoms with E-state index in [0.29, 0.717) is 6.42 Å². The van der Waals surface area contributed by atoms with Crippen molar-refractivity contribution in [1.82, 2.24) is 4.90 Å². The molecule has 3 heteroatoms. The van der Waals surface area contributed by atoms with Crippen LogP contribution in [-0.4, -0.2) is 30.1 Å². The predicted molar refractivity (Wildman–Crippen MR) is 94.4 cm³/mol. The molecule has 0 bridgehead atoms. The highest BCUT2D eigenvalue weighted by molar-refractivity contribution is 5.80. The quantitative estimate of drug-likeness (QED) is 0.820. The van der Waals surface area contributed by atoms with Crippen molar-refractivity contribution in [2.45, 2.75) is 19.9 Å². The van der Waals surface area contributed by atoms with Gasteiger partial charge in [-0.3, -0.25) is 0 Å². The molecule has 1 N–H and O–H groups in total. The van der Waals surface area contributed by atoms with Crippen molar-refractivity contribution in [2.75, 3.05) is 14.1 Å². The SMILES string of the molecule is C/C(=C\C(=O)O)Cc1ccc(-c2ccc(CN(C)C)cc2)cc1. The fourth-order valence-electron chi connectivity index (χ4n) is 2.57. The van der Waals surface area contributed by atoms with Crippen LogP contribution in [0.5, 0.6) is 0 Å². The lowest BCUT2D eigenvalue weighted by Crippen LogP contribution is -2.10. The van der Waals surface area contributed by atoms with Gasteiger partial charge in [-0.1, -0.05) is 54.1 Å². The van der Waals surface area contributed by atoms with E-state index in [4.69, 9.17) is 5.11 Å². The van der Waals surface area contributed by atoms with Crippen LogP contribution >= 0.6 is 0 Å². The molecule has 0 aromatic heterocycles. The Bertz CT molecular complexity index is 683. The third kappa shape index (κ3) is 5.38. The van der Waals surface area contributed by atoms with Crippen LogP contribution in [0.4, 0.5) is 0 Å². The van der Waals surface area contributed by atoms with Crippen LogP contribution in [0.3, 0.4) is 0 Å². The molecule has 0 aliphatic heterocycles. The van der Waals surface area contributed by atoms with Crippen molar-refractivity contribution >= 4 is 5.97 Å². The van der Waals surface area contributed by atoms with Crippen molar-refractivity contribution in [1.29, 1.82) is 0 Å². The molecule has 0 saturated heterocycles. The molecule has 2 aromatic carbocycles. The molecule has 0 aliphatic rings. The number of hydrogen-bond donors (Lipinski definition) is 1. The first kappa shape index (κ1) is 17.0. The van der Waals surface area contributed by atoms with Crippen molar-refractivity contribution in [3.63, 3.8) is 0 Å². The summed E-state index contributed by atoms with van der Waals surface area (Å²) in [6, 6.07) is 16.9. The van der Waals surface area contributed by atoms with Crippen molar-refractivity contribution in [2.24, 2.45) is 0 Å². The zero-order chi connectivity index (χ0) is 16.8. The summed E-state index contributed by atoms with van der Waals surface area (Å²) >= 11 is 0. The average Bonchev–Trinajstić information content (AvgIpc) is 2.47. The van der Waals surface area contributed by atoms with E-state index in [1.54, 1.807) is 0 Å². The normalized spacial score (nSPS) is 11.7. The molecule has 3 nitrogen and oxygen atoms in total. The Morgan fingerprint density at radius 3 is 1.87 bits per heavy atom. The molecule has 0 saturated carbocycles. The third-order valence-corrected chi connectivity index (χ3v) is 3.59. The van der Waals surface area contributed by atoms with E-state index in [1.807, 2.05) is 6.92 Å². The standard InChI is InChI=1S/C20H23NO2/c1-15(13-20(22)23)12-16-4-8-18(9-5-16)19-10-6-17(7-11-19)14-21(2)3/h4-11,13H,12,14H2,1-3H3,(H,22,23)/b15-13+. The summed E-state index contributed by atoms with van der Waals surface area (Å²) in [5, 5.41) is 8.75. The lowest BCUT2D eigenvalue weighted by molar-refractivity contribution is -0.131. The van der Waals surface area contributed by atoms with Gasteiger partial charge < -0.3 is 10.0 Å². The number of carboxylic acid groups (broad SMARTS) is 1. The van der Waals surface area contributed by atoms with Crippen molar-refractivity contribution in [3.05, 3.63) is 71.3 Å². The summed E-state index contributed by atoms with van der Waals surface area (Å²) in [5.74, 6) is -0.892. The molecule has 0 atom stereocenters. The van der Waals surface area contributed by atoms with Crippen molar-refractivity contribution < 1.29 is 9.90 Å². The van der Waals surface area contributed by atoms with E-state index >= 15 is 0 Å². The Hall–Kier alpha value is -2.39. The first-order chi connectivity index (χ1) is 10.9. The number of carboxylic acids is 1. The molecule has 120 valence electrons. The lowest BCUT2D eigenvalue weighted by atomic mass is 10.00. The van der Waals surface area contributed by atoms with Gasteiger partial charge in [0.2, 0.25) is 0 Å². The average molecular weight is 309 g/mol. The van der Waals surface area contributed by atoms with Gasteiger partial charge in [-0.05, 0) is 49.7 Å². The molecule has 0 aliphatic carbocycles. The van der Waals surface area contributed by atoms with Gasteiger partial charge in [-0.15, -0.1) is 0 Å². The van der Waals surface area contributed by atoms with Gasteiger partial charge in [0.1, 0.15) is 0 Å². The molecular weight excluding hydrogens is 286 g/mol. The Labute approximate surface area is 137 Å². The fourth-order valence-corrected chi connectivity index (χ4v) is 2.57. The summed E-state index contributed by atoms with van der Waals surface area (Å²) in [6.45, 7) is 2.78. The highest BCUT2D eigenvalue weighted by Gasteiger charge is 2.01. The summed E-state index contributed by atoms with van der Waals surface area (Å²) in [4.78, 5) is 12.8. The molecule has 0 radical (unpaired) electrons. The zero-order valence-corrected chi connectivity index (χ0v) is 13.9. The second-order valence-electron chi connectivity index (χ2n) is 6.14. The number of hydrogen-bond acceptors (Lipinski definition) is 2.